The molecule has 2 heterocycles. The molecule has 0 radical (unpaired) electrons. The van der Waals surface area contributed by atoms with E-state index in [2.05, 4.69) is 46.6 Å². The molecule has 0 saturated carbocycles. The number of benzene rings is 3. The molecular weight excluding hydrogens is 490 g/mol. The fraction of sp³-hybridized carbons (Fsp3) is 0.344. The summed E-state index contributed by atoms with van der Waals surface area (Å²) >= 11 is 0. The van der Waals surface area contributed by atoms with Gasteiger partial charge >= 0.3 is 5.97 Å². The van der Waals surface area contributed by atoms with Gasteiger partial charge in [0, 0.05) is 30.9 Å². The number of anilines is 1. The second-order valence-corrected chi connectivity index (χ2v) is 10.6. The molecule has 2 amide bonds. The number of hydrogen-bond donors (Lipinski definition) is 1. The van der Waals surface area contributed by atoms with Gasteiger partial charge in [-0.25, -0.2) is 4.79 Å². The van der Waals surface area contributed by atoms with Gasteiger partial charge in [0.25, 0.3) is 5.91 Å². The highest BCUT2D eigenvalue weighted by Gasteiger charge is 2.34. The van der Waals surface area contributed by atoms with E-state index in [1.54, 1.807) is 25.1 Å². The molecule has 39 heavy (non-hydrogen) atoms. The Morgan fingerprint density at radius 3 is 2.28 bits per heavy atom. The number of likely N-dealkylation sites (tertiary alicyclic amines) is 1. The molecule has 1 unspecified atom stereocenters. The SMILES string of the molecule is COC(=O)c1ccc(C(=O)Nc2ccc(C3CCN(C(=O)C4Cc5ccccc5CN4C)CC3)cc2)c(C)c1. The topological polar surface area (TPSA) is 79.0 Å². The number of aryl methyl sites for hydroxylation is 1. The number of ether oxygens (including phenoxy) is 1. The average Bonchev–Trinajstić information content (AvgIpc) is 2.96. The first-order valence-corrected chi connectivity index (χ1v) is 13.5. The Bertz CT molecular complexity index is 1380. The van der Waals surface area contributed by atoms with Crippen LogP contribution in [0.25, 0.3) is 0 Å². The molecule has 1 saturated heterocycles. The first-order chi connectivity index (χ1) is 18.8. The van der Waals surface area contributed by atoms with Crippen molar-refractivity contribution in [2.24, 2.45) is 0 Å². The summed E-state index contributed by atoms with van der Waals surface area (Å²) in [5, 5.41) is 2.95. The monoisotopic (exact) mass is 525 g/mol. The molecule has 1 atom stereocenters. The number of rotatable bonds is 5. The summed E-state index contributed by atoms with van der Waals surface area (Å²) < 4.78 is 4.75. The Labute approximate surface area is 229 Å². The lowest BCUT2D eigenvalue weighted by atomic mass is 9.88. The minimum absolute atomic E-state index is 0.0975. The van der Waals surface area contributed by atoms with Crippen LogP contribution in [0.5, 0.6) is 0 Å². The molecule has 0 aromatic heterocycles. The molecule has 7 nitrogen and oxygen atoms in total. The van der Waals surface area contributed by atoms with Crippen LogP contribution < -0.4 is 5.32 Å². The Morgan fingerprint density at radius 1 is 0.923 bits per heavy atom. The van der Waals surface area contributed by atoms with Gasteiger partial charge < -0.3 is 15.0 Å². The van der Waals surface area contributed by atoms with Gasteiger partial charge in [-0.15, -0.1) is 0 Å². The number of amides is 2. The van der Waals surface area contributed by atoms with Gasteiger partial charge in [-0.1, -0.05) is 36.4 Å². The molecule has 0 spiro atoms. The van der Waals surface area contributed by atoms with E-state index < -0.39 is 5.97 Å². The van der Waals surface area contributed by atoms with E-state index in [1.165, 1.54) is 23.8 Å². The van der Waals surface area contributed by atoms with Gasteiger partial charge in [0.15, 0.2) is 0 Å². The fourth-order valence-corrected chi connectivity index (χ4v) is 5.77. The maximum atomic E-state index is 13.4. The number of nitrogens with one attached hydrogen (secondary N) is 1. The predicted molar refractivity (Wildman–Crippen MR) is 151 cm³/mol. The zero-order valence-electron chi connectivity index (χ0n) is 22.8. The van der Waals surface area contributed by atoms with E-state index >= 15 is 0 Å². The molecule has 5 rings (SSSR count). The summed E-state index contributed by atoms with van der Waals surface area (Å²) in [5.74, 6) is -0.0307. The quantitative estimate of drug-likeness (QED) is 0.485. The zero-order chi connectivity index (χ0) is 27.5. The minimum atomic E-state index is -0.428. The average molecular weight is 526 g/mol. The first-order valence-electron chi connectivity index (χ1n) is 13.5. The maximum Gasteiger partial charge on any atom is 0.337 e. The minimum Gasteiger partial charge on any atom is -0.465 e. The highest BCUT2D eigenvalue weighted by Crippen LogP contribution is 2.31. The molecule has 1 N–H and O–H groups in total. The van der Waals surface area contributed by atoms with Crippen LogP contribution in [0, 0.1) is 6.92 Å². The van der Waals surface area contributed by atoms with Gasteiger partial charge in [-0.2, -0.15) is 0 Å². The number of esters is 1. The van der Waals surface area contributed by atoms with Crippen LogP contribution in [0.1, 0.15) is 61.7 Å². The van der Waals surface area contributed by atoms with Gasteiger partial charge in [-0.05, 0) is 91.7 Å². The van der Waals surface area contributed by atoms with E-state index in [4.69, 9.17) is 4.74 Å². The first kappa shape index (κ1) is 26.6. The number of carbonyl (C=O) groups excluding carboxylic acids is 3. The second-order valence-electron chi connectivity index (χ2n) is 10.6. The Morgan fingerprint density at radius 2 is 1.62 bits per heavy atom. The van der Waals surface area contributed by atoms with E-state index in [0.29, 0.717) is 28.3 Å². The largest absolute Gasteiger partial charge is 0.465 e. The van der Waals surface area contributed by atoms with Gasteiger partial charge in [0.05, 0.1) is 18.7 Å². The lowest BCUT2D eigenvalue weighted by Gasteiger charge is -2.39. The summed E-state index contributed by atoms with van der Waals surface area (Å²) in [7, 11) is 3.38. The molecular formula is C32H35N3O4. The lowest BCUT2D eigenvalue weighted by molar-refractivity contribution is -0.138. The van der Waals surface area contributed by atoms with Gasteiger partial charge in [0.1, 0.15) is 0 Å². The molecule has 2 aliphatic heterocycles. The van der Waals surface area contributed by atoms with Crippen molar-refractivity contribution < 1.29 is 19.1 Å². The van der Waals surface area contributed by atoms with Crippen molar-refractivity contribution in [2.75, 3.05) is 32.6 Å². The van der Waals surface area contributed by atoms with Crippen LogP contribution in [-0.2, 0) is 22.5 Å². The van der Waals surface area contributed by atoms with Crippen molar-refractivity contribution in [3.8, 4) is 0 Å². The number of nitrogens with zero attached hydrogens (tertiary/aromatic N) is 2. The summed E-state index contributed by atoms with van der Waals surface area (Å²) in [5.41, 5.74) is 6.17. The third-order valence-electron chi connectivity index (χ3n) is 8.11. The van der Waals surface area contributed by atoms with Crippen molar-refractivity contribution in [1.29, 1.82) is 0 Å². The second kappa shape index (κ2) is 11.4. The molecule has 7 heteroatoms. The van der Waals surface area contributed by atoms with Crippen molar-refractivity contribution >= 4 is 23.5 Å². The fourth-order valence-electron chi connectivity index (χ4n) is 5.77. The van der Waals surface area contributed by atoms with E-state index in [1.807, 2.05) is 24.1 Å². The molecule has 0 bridgehead atoms. The van der Waals surface area contributed by atoms with Crippen LogP contribution in [0.4, 0.5) is 5.69 Å². The van der Waals surface area contributed by atoms with Crippen LogP contribution in [-0.4, -0.2) is 60.9 Å². The number of carbonyl (C=O) groups is 3. The number of fused-ring (bicyclic) bond motifs is 1. The molecule has 202 valence electrons. The third-order valence-corrected chi connectivity index (χ3v) is 8.11. The predicted octanol–water partition coefficient (Wildman–Crippen LogP) is 4.80. The number of methoxy groups -OCH3 is 1. The standard InChI is InChI=1S/C32H35N3O4/c1-21-18-25(32(38)39-3)10-13-28(21)30(36)33-27-11-8-22(9-12-27)23-14-16-35(17-15-23)31(37)29-19-24-6-4-5-7-26(24)20-34(29)2/h4-13,18,23,29H,14-17,19-20H2,1-3H3,(H,33,36). The summed E-state index contributed by atoms with van der Waals surface area (Å²) in [6, 6.07) is 21.2. The lowest BCUT2D eigenvalue weighted by Crippen LogP contribution is -2.51. The highest BCUT2D eigenvalue weighted by atomic mass is 16.5. The van der Waals surface area contributed by atoms with Crippen molar-refractivity contribution in [2.45, 2.75) is 44.7 Å². The molecule has 3 aromatic carbocycles. The maximum absolute atomic E-state index is 13.4. The van der Waals surface area contributed by atoms with Crippen molar-refractivity contribution in [3.63, 3.8) is 0 Å². The van der Waals surface area contributed by atoms with Crippen molar-refractivity contribution in [3.05, 3.63) is 100 Å². The Balaban J connectivity index is 1.16. The van der Waals surface area contributed by atoms with Crippen LogP contribution in [0.15, 0.2) is 66.7 Å². The summed E-state index contributed by atoms with van der Waals surface area (Å²) in [4.78, 5) is 42.2. The summed E-state index contributed by atoms with van der Waals surface area (Å²) in [6.45, 7) is 4.13. The van der Waals surface area contributed by atoms with Crippen LogP contribution >= 0.6 is 0 Å². The van der Waals surface area contributed by atoms with Gasteiger partial charge in [0.2, 0.25) is 5.91 Å². The number of piperidine rings is 1. The van der Waals surface area contributed by atoms with Crippen LogP contribution in [0.3, 0.4) is 0 Å². The van der Waals surface area contributed by atoms with E-state index in [-0.39, 0.29) is 17.9 Å². The van der Waals surface area contributed by atoms with E-state index in [0.717, 1.165) is 38.9 Å². The number of likely N-dealkylation sites (N-methyl/N-ethyl adjacent to an activating group) is 1. The van der Waals surface area contributed by atoms with Crippen LogP contribution in [0.2, 0.25) is 0 Å². The Kier molecular flexibility index (Phi) is 7.79. The Hall–Kier alpha value is -3.97. The molecule has 3 aromatic rings. The number of hydrogen-bond acceptors (Lipinski definition) is 5. The zero-order valence-corrected chi connectivity index (χ0v) is 22.8. The molecule has 1 fully saturated rings. The highest BCUT2D eigenvalue weighted by molar-refractivity contribution is 6.06. The molecule has 0 aliphatic carbocycles. The third kappa shape index (κ3) is 5.73. The van der Waals surface area contributed by atoms with Gasteiger partial charge in [-0.3, -0.25) is 14.5 Å². The normalized spacial score (nSPS) is 17.8. The van der Waals surface area contributed by atoms with E-state index in [9.17, 15) is 14.4 Å². The molecule has 2 aliphatic rings. The summed E-state index contributed by atoms with van der Waals surface area (Å²) in [6.07, 6.45) is 2.62. The van der Waals surface area contributed by atoms with Crippen molar-refractivity contribution in [1.82, 2.24) is 9.80 Å². The smallest absolute Gasteiger partial charge is 0.337 e.